The van der Waals surface area contributed by atoms with Crippen LogP contribution in [0.1, 0.15) is 12.7 Å². The number of carboxylic acid groups (broad SMARTS) is 1. The molecule has 2 rings (SSSR count). The Kier molecular flexibility index (Phi) is 5.93. The standard InChI is InChI=1S/C13H13Cl2N3O3S/c1-2-18-11(16-17-13(18)22-7-12(19)20)6-21-10-4-3-8(14)5-9(10)15/h3-5H,2,6-7H2,1H3,(H,19,20). The fourth-order valence-electron chi connectivity index (χ4n) is 1.71. The van der Waals surface area contributed by atoms with Crippen LogP contribution in [0.3, 0.4) is 0 Å². The van der Waals surface area contributed by atoms with Crippen LogP contribution in [0.15, 0.2) is 23.4 Å². The highest BCUT2D eigenvalue weighted by Crippen LogP contribution is 2.28. The Balaban J connectivity index is 2.07. The molecule has 9 heteroatoms. The van der Waals surface area contributed by atoms with Crippen molar-refractivity contribution >= 4 is 40.9 Å². The normalized spacial score (nSPS) is 10.7. The first-order valence-electron chi connectivity index (χ1n) is 6.35. The van der Waals surface area contributed by atoms with Crippen LogP contribution in [0, 0.1) is 0 Å². The molecule has 0 atom stereocenters. The van der Waals surface area contributed by atoms with Gasteiger partial charge in [0, 0.05) is 11.6 Å². The molecular weight excluding hydrogens is 349 g/mol. The minimum absolute atomic E-state index is 0.0675. The van der Waals surface area contributed by atoms with Crippen molar-refractivity contribution in [3.8, 4) is 5.75 Å². The maximum atomic E-state index is 10.6. The molecule has 0 radical (unpaired) electrons. The second-order valence-corrected chi connectivity index (χ2v) is 5.98. The Labute approximate surface area is 141 Å². The van der Waals surface area contributed by atoms with Gasteiger partial charge in [-0.25, -0.2) is 0 Å². The highest BCUT2D eigenvalue weighted by Gasteiger charge is 2.14. The molecule has 0 bridgehead atoms. The highest BCUT2D eigenvalue weighted by atomic mass is 35.5. The zero-order valence-corrected chi connectivity index (χ0v) is 14.0. The lowest BCUT2D eigenvalue weighted by Crippen LogP contribution is -2.08. The Morgan fingerprint density at radius 1 is 1.41 bits per heavy atom. The van der Waals surface area contributed by atoms with Gasteiger partial charge in [0.2, 0.25) is 0 Å². The summed E-state index contributed by atoms with van der Waals surface area (Å²) in [6.45, 7) is 2.71. The number of hydrogen-bond donors (Lipinski definition) is 1. The minimum atomic E-state index is -0.901. The van der Waals surface area contributed by atoms with Crippen molar-refractivity contribution in [2.45, 2.75) is 25.2 Å². The lowest BCUT2D eigenvalue weighted by atomic mass is 10.3. The Morgan fingerprint density at radius 2 is 2.18 bits per heavy atom. The molecule has 1 N–H and O–H groups in total. The third-order valence-corrected chi connectivity index (χ3v) is 4.17. The van der Waals surface area contributed by atoms with E-state index in [2.05, 4.69) is 10.2 Å². The number of halogens is 2. The molecule has 0 unspecified atom stereocenters. The zero-order chi connectivity index (χ0) is 16.1. The fraction of sp³-hybridized carbons (Fsp3) is 0.308. The second-order valence-electron chi connectivity index (χ2n) is 4.19. The molecular formula is C13H13Cl2N3O3S. The first kappa shape index (κ1) is 16.9. The van der Waals surface area contributed by atoms with Crippen molar-refractivity contribution < 1.29 is 14.6 Å². The van der Waals surface area contributed by atoms with Crippen LogP contribution in [-0.2, 0) is 17.9 Å². The van der Waals surface area contributed by atoms with Gasteiger partial charge in [-0.3, -0.25) is 4.79 Å². The molecule has 0 amide bonds. The van der Waals surface area contributed by atoms with E-state index in [0.29, 0.717) is 33.3 Å². The number of benzene rings is 1. The van der Waals surface area contributed by atoms with Gasteiger partial charge in [-0.1, -0.05) is 35.0 Å². The molecule has 22 heavy (non-hydrogen) atoms. The first-order chi connectivity index (χ1) is 10.5. The van der Waals surface area contributed by atoms with E-state index in [-0.39, 0.29) is 12.4 Å². The molecule has 1 aromatic carbocycles. The Hall–Kier alpha value is -1.44. The van der Waals surface area contributed by atoms with Gasteiger partial charge in [-0.2, -0.15) is 0 Å². The van der Waals surface area contributed by atoms with Crippen LogP contribution in [0.2, 0.25) is 10.0 Å². The van der Waals surface area contributed by atoms with E-state index in [0.717, 1.165) is 11.8 Å². The zero-order valence-electron chi connectivity index (χ0n) is 11.6. The van der Waals surface area contributed by atoms with Gasteiger partial charge in [-0.05, 0) is 25.1 Å². The van der Waals surface area contributed by atoms with Gasteiger partial charge in [0.15, 0.2) is 11.0 Å². The van der Waals surface area contributed by atoms with Crippen LogP contribution < -0.4 is 4.74 Å². The van der Waals surface area contributed by atoms with Crippen LogP contribution >= 0.6 is 35.0 Å². The number of aliphatic carboxylic acids is 1. The van der Waals surface area contributed by atoms with Crippen molar-refractivity contribution in [1.29, 1.82) is 0 Å². The fourth-order valence-corrected chi connectivity index (χ4v) is 2.92. The number of carbonyl (C=O) groups is 1. The second kappa shape index (κ2) is 7.71. The summed E-state index contributed by atoms with van der Waals surface area (Å²) in [6.07, 6.45) is 0. The molecule has 0 fully saturated rings. The molecule has 0 saturated heterocycles. The molecule has 0 aliphatic rings. The molecule has 0 aliphatic heterocycles. The molecule has 2 aromatic rings. The van der Waals surface area contributed by atoms with Crippen LogP contribution in [0.4, 0.5) is 0 Å². The summed E-state index contributed by atoms with van der Waals surface area (Å²) in [4.78, 5) is 10.6. The summed E-state index contributed by atoms with van der Waals surface area (Å²) in [5.74, 6) is 0.126. The summed E-state index contributed by atoms with van der Waals surface area (Å²) in [7, 11) is 0. The number of carboxylic acids is 1. The predicted molar refractivity (Wildman–Crippen MR) is 84.8 cm³/mol. The average molecular weight is 362 g/mol. The molecule has 0 aliphatic carbocycles. The lowest BCUT2D eigenvalue weighted by molar-refractivity contribution is -0.133. The van der Waals surface area contributed by atoms with Gasteiger partial charge >= 0.3 is 5.97 Å². The number of hydrogen-bond acceptors (Lipinski definition) is 5. The largest absolute Gasteiger partial charge is 0.484 e. The third-order valence-electron chi connectivity index (χ3n) is 2.69. The molecule has 1 heterocycles. The Bertz CT molecular complexity index is 679. The quantitative estimate of drug-likeness (QED) is 0.761. The third kappa shape index (κ3) is 4.28. The summed E-state index contributed by atoms with van der Waals surface area (Å²) in [6, 6.07) is 4.95. The van der Waals surface area contributed by atoms with Crippen molar-refractivity contribution in [3.05, 3.63) is 34.1 Å². The van der Waals surface area contributed by atoms with Crippen LogP contribution in [0.5, 0.6) is 5.75 Å². The number of aromatic nitrogens is 3. The Morgan fingerprint density at radius 3 is 2.82 bits per heavy atom. The maximum absolute atomic E-state index is 10.6. The van der Waals surface area contributed by atoms with Gasteiger partial charge in [0.25, 0.3) is 0 Å². The van der Waals surface area contributed by atoms with Gasteiger partial charge < -0.3 is 14.4 Å². The van der Waals surface area contributed by atoms with E-state index in [9.17, 15) is 4.79 Å². The maximum Gasteiger partial charge on any atom is 0.313 e. The number of rotatable bonds is 7. The van der Waals surface area contributed by atoms with Crippen molar-refractivity contribution in [2.75, 3.05) is 5.75 Å². The SMILES string of the molecule is CCn1c(COc2ccc(Cl)cc2Cl)nnc1SCC(=O)O. The van der Waals surface area contributed by atoms with E-state index in [1.54, 1.807) is 22.8 Å². The molecule has 1 aromatic heterocycles. The predicted octanol–water partition coefficient (Wildman–Crippen LogP) is 3.36. The summed E-state index contributed by atoms with van der Waals surface area (Å²) < 4.78 is 7.42. The van der Waals surface area contributed by atoms with Gasteiger partial charge in [0.05, 0.1) is 10.8 Å². The monoisotopic (exact) mass is 361 g/mol. The van der Waals surface area contributed by atoms with Gasteiger partial charge in [0.1, 0.15) is 12.4 Å². The van der Waals surface area contributed by atoms with E-state index < -0.39 is 5.97 Å². The first-order valence-corrected chi connectivity index (χ1v) is 8.10. The topological polar surface area (TPSA) is 77.2 Å². The van der Waals surface area contributed by atoms with E-state index >= 15 is 0 Å². The molecule has 6 nitrogen and oxygen atoms in total. The van der Waals surface area contributed by atoms with E-state index in [1.807, 2.05) is 6.92 Å². The molecule has 0 saturated carbocycles. The molecule has 0 spiro atoms. The van der Waals surface area contributed by atoms with Crippen molar-refractivity contribution in [3.63, 3.8) is 0 Å². The van der Waals surface area contributed by atoms with Crippen LogP contribution in [-0.4, -0.2) is 31.6 Å². The van der Waals surface area contributed by atoms with Crippen molar-refractivity contribution in [1.82, 2.24) is 14.8 Å². The van der Waals surface area contributed by atoms with Gasteiger partial charge in [-0.15, -0.1) is 10.2 Å². The highest BCUT2D eigenvalue weighted by molar-refractivity contribution is 7.99. The lowest BCUT2D eigenvalue weighted by Gasteiger charge is -2.09. The summed E-state index contributed by atoms with van der Waals surface area (Å²) in [5, 5.41) is 18.2. The van der Waals surface area contributed by atoms with Crippen LogP contribution in [0.25, 0.3) is 0 Å². The number of ether oxygens (including phenoxy) is 1. The summed E-state index contributed by atoms with van der Waals surface area (Å²) >= 11 is 13.0. The number of nitrogens with zero attached hydrogens (tertiary/aromatic N) is 3. The summed E-state index contributed by atoms with van der Waals surface area (Å²) in [5.41, 5.74) is 0. The van der Waals surface area contributed by atoms with E-state index in [4.69, 9.17) is 33.0 Å². The van der Waals surface area contributed by atoms with E-state index in [1.165, 1.54) is 0 Å². The van der Waals surface area contributed by atoms with Crippen molar-refractivity contribution in [2.24, 2.45) is 0 Å². The number of thioether (sulfide) groups is 1. The minimum Gasteiger partial charge on any atom is -0.484 e. The smallest absolute Gasteiger partial charge is 0.313 e. The molecule has 118 valence electrons. The average Bonchev–Trinajstić information content (AvgIpc) is 2.86.